The monoisotopic (exact) mass is 343 g/mol. The Kier molecular flexibility index (Phi) is 5.68. The largest absolute Gasteiger partial charge is 0.356 e. The van der Waals surface area contributed by atoms with Gasteiger partial charge in [-0.2, -0.15) is 0 Å². The van der Waals surface area contributed by atoms with Crippen LogP contribution < -0.4 is 16.6 Å². The summed E-state index contributed by atoms with van der Waals surface area (Å²) >= 11 is 0. The number of benzene rings is 1. The average Bonchev–Trinajstić information content (AvgIpc) is 3.12. The number of H-pyrrole nitrogens is 1. The van der Waals surface area contributed by atoms with Crippen molar-refractivity contribution < 1.29 is 4.79 Å². The smallest absolute Gasteiger partial charge is 0.328 e. The maximum Gasteiger partial charge on any atom is 0.328 e. The molecule has 1 aromatic carbocycles. The van der Waals surface area contributed by atoms with Gasteiger partial charge in [-0.25, -0.2) is 4.79 Å². The molecule has 25 heavy (non-hydrogen) atoms. The zero-order valence-corrected chi connectivity index (χ0v) is 14.4. The lowest BCUT2D eigenvalue weighted by Crippen LogP contribution is -2.32. The number of aryl methyl sites for hydroxylation is 1. The summed E-state index contributed by atoms with van der Waals surface area (Å²) < 4.78 is 1.45. The number of carbonyl (C=O) groups excluding carboxylic acids is 1. The summed E-state index contributed by atoms with van der Waals surface area (Å²) in [6, 6.07) is 6.93. The molecule has 6 heteroatoms. The van der Waals surface area contributed by atoms with Gasteiger partial charge < -0.3 is 5.32 Å². The maximum absolute atomic E-state index is 12.0. The summed E-state index contributed by atoms with van der Waals surface area (Å²) in [5.41, 5.74) is -0.309. The van der Waals surface area contributed by atoms with E-state index in [-0.39, 0.29) is 18.9 Å². The van der Waals surface area contributed by atoms with Crippen LogP contribution in [0.1, 0.15) is 44.9 Å². The van der Waals surface area contributed by atoms with Crippen molar-refractivity contribution in [1.82, 2.24) is 14.9 Å². The van der Waals surface area contributed by atoms with Gasteiger partial charge in [-0.05, 0) is 30.9 Å². The van der Waals surface area contributed by atoms with Gasteiger partial charge in [-0.1, -0.05) is 37.8 Å². The first-order valence-corrected chi connectivity index (χ1v) is 9.14. The summed E-state index contributed by atoms with van der Waals surface area (Å²) in [5, 5.41) is 3.39. The van der Waals surface area contributed by atoms with Crippen molar-refractivity contribution in [3.63, 3.8) is 0 Å². The lowest BCUT2D eigenvalue weighted by molar-refractivity contribution is -0.121. The number of hydrogen-bond donors (Lipinski definition) is 2. The number of aromatic amines is 1. The minimum atomic E-state index is -0.474. The molecule has 0 bridgehead atoms. The second-order valence-electron chi connectivity index (χ2n) is 6.82. The minimum Gasteiger partial charge on any atom is -0.356 e. The molecule has 134 valence electrons. The second kappa shape index (κ2) is 8.14. The van der Waals surface area contributed by atoms with E-state index in [0.717, 1.165) is 12.3 Å². The van der Waals surface area contributed by atoms with Crippen molar-refractivity contribution in [2.75, 3.05) is 6.54 Å². The SMILES string of the molecule is O=C(CCn1c(=O)[nH]c(=O)c2ccccc21)NCCCC1CCCC1. The van der Waals surface area contributed by atoms with E-state index in [1.165, 1.54) is 36.7 Å². The number of fused-ring (bicyclic) bond motifs is 1. The third-order valence-corrected chi connectivity index (χ3v) is 5.05. The quantitative estimate of drug-likeness (QED) is 0.756. The summed E-state index contributed by atoms with van der Waals surface area (Å²) in [7, 11) is 0. The Morgan fingerprint density at radius 3 is 2.76 bits per heavy atom. The van der Waals surface area contributed by atoms with Gasteiger partial charge in [0.15, 0.2) is 0 Å². The predicted molar refractivity (Wildman–Crippen MR) is 97.6 cm³/mol. The van der Waals surface area contributed by atoms with E-state index in [2.05, 4.69) is 10.3 Å². The highest BCUT2D eigenvalue weighted by Crippen LogP contribution is 2.28. The van der Waals surface area contributed by atoms with Crippen molar-refractivity contribution in [2.45, 2.75) is 51.5 Å². The number of carbonyl (C=O) groups is 1. The number of aromatic nitrogens is 2. The van der Waals surface area contributed by atoms with Crippen LogP contribution in [-0.4, -0.2) is 22.0 Å². The van der Waals surface area contributed by atoms with Crippen LogP contribution in [0.5, 0.6) is 0 Å². The molecule has 1 amide bonds. The van der Waals surface area contributed by atoms with Crippen molar-refractivity contribution >= 4 is 16.8 Å². The molecule has 2 aromatic rings. The first kappa shape index (κ1) is 17.5. The van der Waals surface area contributed by atoms with Gasteiger partial charge in [-0.3, -0.25) is 19.1 Å². The van der Waals surface area contributed by atoms with Crippen LogP contribution in [0.4, 0.5) is 0 Å². The molecule has 1 aliphatic carbocycles. The second-order valence-corrected chi connectivity index (χ2v) is 6.82. The first-order chi connectivity index (χ1) is 12.1. The molecule has 3 rings (SSSR count). The van der Waals surface area contributed by atoms with Crippen molar-refractivity contribution in [3.8, 4) is 0 Å². The molecule has 6 nitrogen and oxygen atoms in total. The summed E-state index contributed by atoms with van der Waals surface area (Å²) in [4.78, 5) is 38.2. The molecule has 1 aromatic heterocycles. The highest BCUT2D eigenvalue weighted by Gasteiger charge is 2.14. The highest BCUT2D eigenvalue weighted by molar-refractivity contribution is 5.78. The molecule has 0 atom stereocenters. The number of amides is 1. The Morgan fingerprint density at radius 2 is 1.96 bits per heavy atom. The number of nitrogens with zero attached hydrogens (tertiary/aromatic N) is 1. The molecule has 1 saturated carbocycles. The third-order valence-electron chi connectivity index (χ3n) is 5.05. The molecule has 0 unspecified atom stereocenters. The van der Waals surface area contributed by atoms with E-state index in [1.54, 1.807) is 24.3 Å². The van der Waals surface area contributed by atoms with Gasteiger partial charge in [0.1, 0.15) is 0 Å². The summed E-state index contributed by atoms with van der Waals surface area (Å²) in [5.74, 6) is 0.775. The molecule has 1 heterocycles. The molecular weight excluding hydrogens is 318 g/mol. The van der Waals surface area contributed by atoms with Gasteiger partial charge >= 0.3 is 5.69 Å². The molecule has 0 radical (unpaired) electrons. The van der Waals surface area contributed by atoms with Gasteiger partial charge in [0.25, 0.3) is 5.56 Å². The Hall–Kier alpha value is -2.37. The zero-order valence-electron chi connectivity index (χ0n) is 14.4. The Balaban J connectivity index is 1.53. The molecule has 0 saturated heterocycles. The number of nitrogens with one attached hydrogen (secondary N) is 2. The van der Waals surface area contributed by atoms with E-state index in [4.69, 9.17) is 0 Å². The average molecular weight is 343 g/mol. The fraction of sp³-hybridized carbons (Fsp3) is 0.526. The van der Waals surface area contributed by atoms with Crippen molar-refractivity contribution in [3.05, 3.63) is 45.1 Å². The molecular formula is C19H25N3O3. The third kappa shape index (κ3) is 4.38. The Labute approximate surface area is 146 Å². The zero-order chi connectivity index (χ0) is 17.6. The van der Waals surface area contributed by atoms with Crippen LogP contribution >= 0.6 is 0 Å². The Bertz CT molecular complexity index is 847. The number of para-hydroxylation sites is 1. The first-order valence-electron chi connectivity index (χ1n) is 9.14. The van der Waals surface area contributed by atoms with Gasteiger partial charge in [0, 0.05) is 19.5 Å². The number of rotatable bonds is 7. The van der Waals surface area contributed by atoms with Crippen LogP contribution in [-0.2, 0) is 11.3 Å². The van der Waals surface area contributed by atoms with Crippen LogP contribution in [0.2, 0.25) is 0 Å². The van der Waals surface area contributed by atoms with Crippen LogP contribution in [0, 0.1) is 5.92 Å². The molecule has 1 aliphatic rings. The van der Waals surface area contributed by atoms with Gasteiger partial charge in [0.2, 0.25) is 5.91 Å². The van der Waals surface area contributed by atoms with E-state index in [1.807, 2.05) is 0 Å². The molecule has 2 N–H and O–H groups in total. The molecule has 1 fully saturated rings. The molecule has 0 aliphatic heterocycles. The lowest BCUT2D eigenvalue weighted by Gasteiger charge is -2.11. The summed E-state index contributed by atoms with van der Waals surface area (Å²) in [6.07, 6.45) is 7.77. The topological polar surface area (TPSA) is 84.0 Å². The van der Waals surface area contributed by atoms with E-state index in [9.17, 15) is 14.4 Å². The van der Waals surface area contributed by atoms with Crippen LogP contribution in [0.15, 0.2) is 33.9 Å². The predicted octanol–water partition coefficient (Wildman–Crippen LogP) is 2.17. The Morgan fingerprint density at radius 1 is 1.20 bits per heavy atom. The van der Waals surface area contributed by atoms with Gasteiger partial charge in [0.05, 0.1) is 10.9 Å². The van der Waals surface area contributed by atoms with E-state index in [0.29, 0.717) is 17.4 Å². The fourth-order valence-electron chi connectivity index (χ4n) is 3.68. The minimum absolute atomic E-state index is 0.0615. The van der Waals surface area contributed by atoms with Crippen LogP contribution in [0.25, 0.3) is 10.9 Å². The lowest BCUT2D eigenvalue weighted by atomic mass is 10.0. The van der Waals surface area contributed by atoms with Crippen LogP contribution in [0.3, 0.4) is 0 Å². The van der Waals surface area contributed by atoms with E-state index >= 15 is 0 Å². The standard InChI is InChI=1S/C19H25N3O3/c23-17(20-12-5-8-14-6-1-2-7-14)11-13-22-16-10-4-3-9-15(16)18(24)21-19(22)25/h3-4,9-10,14H,1-2,5-8,11-13H2,(H,20,23)(H,21,24,25). The number of hydrogen-bond acceptors (Lipinski definition) is 3. The van der Waals surface area contributed by atoms with Crippen molar-refractivity contribution in [2.24, 2.45) is 5.92 Å². The highest BCUT2D eigenvalue weighted by atomic mass is 16.2. The van der Waals surface area contributed by atoms with E-state index < -0.39 is 11.2 Å². The normalized spacial score (nSPS) is 14.9. The fourth-order valence-corrected chi connectivity index (χ4v) is 3.68. The summed E-state index contributed by atoms with van der Waals surface area (Å²) in [6.45, 7) is 0.946. The van der Waals surface area contributed by atoms with Gasteiger partial charge in [-0.15, -0.1) is 0 Å². The molecule has 0 spiro atoms. The van der Waals surface area contributed by atoms with Crippen molar-refractivity contribution in [1.29, 1.82) is 0 Å². The maximum atomic E-state index is 12.0.